The van der Waals surface area contributed by atoms with E-state index in [1.165, 1.54) is 0 Å². The number of nitrogens with zero attached hydrogens (tertiary/aromatic N) is 2. The maximum Gasteiger partial charge on any atom is 0.255 e. The summed E-state index contributed by atoms with van der Waals surface area (Å²) < 4.78 is 0.871. The smallest absolute Gasteiger partial charge is 0.255 e. The number of rotatable bonds is 4. The molecule has 8 heteroatoms. The molecule has 3 N–H and O–H groups in total. The lowest BCUT2D eigenvalue weighted by Crippen LogP contribution is -2.50. The van der Waals surface area contributed by atoms with Gasteiger partial charge in [0.05, 0.1) is 5.56 Å². The van der Waals surface area contributed by atoms with Gasteiger partial charge in [0.25, 0.3) is 11.5 Å². The molecule has 1 atom stereocenters. The highest BCUT2D eigenvalue weighted by Crippen LogP contribution is 2.18. The molecule has 0 spiro atoms. The average molecular weight is 465 g/mol. The maximum atomic E-state index is 12.6. The highest BCUT2D eigenvalue weighted by atomic mass is 127. The van der Waals surface area contributed by atoms with Crippen molar-refractivity contribution in [3.8, 4) is 0 Å². The Morgan fingerprint density at radius 2 is 2.08 bits per heavy atom. The van der Waals surface area contributed by atoms with Gasteiger partial charge < -0.3 is 5.32 Å². The van der Waals surface area contributed by atoms with Crippen LogP contribution in [-0.4, -0.2) is 22.0 Å². The number of allylic oxidation sites excluding steroid dienone is 1. The Morgan fingerprint density at radius 3 is 2.73 bits per heavy atom. The van der Waals surface area contributed by atoms with Crippen LogP contribution in [0.25, 0.3) is 0 Å². The number of benzene rings is 1. The summed E-state index contributed by atoms with van der Waals surface area (Å²) in [5.74, 6) is 0.174. The van der Waals surface area contributed by atoms with Gasteiger partial charge in [-0.3, -0.25) is 20.0 Å². The number of hydrogen-bond acceptors (Lipinski definition) is 5. The standard InChI is InChI=1S/C18H20IN5O2/c1-4-12-11(3)20-18(22-16(12)25)24-15(9-10(2)23-24)21-17(26)13-7-5-6-8-14(13)19/h5-9,15,23H,4H2,1-3H3,(H,21,26)(H,20,22,25). The Bertz CT molecular complexity index is 937. The molecule has 0 bridgehead atoms. The lowest BCUT2D eigenvalue weighted by atomic mass is 10.2. The first-order chi connectivity index (χ1) is 12.4. The molecule has 1 unspecified atom stereocenters. The van der Waals surface area contributed by atoms with Gasteiger partial charge in [-0.15, -0.1) is 0 Å². The summed E-state index contributed by atoms with van der Waals surface area (Å²) >= 11 is 2.13. The summed E-state index contributed by atoms with van der Waals surface area (Å²) in [6.07, 6.45) is 2.02. The first-order valence-electron chi connectivity index (χ1n) is 8.30. The number of hydrogen-bond donors (Lipinski definition) is 3. The number of carbonyl (C=O) groups is 1. The SMILES string of the molecule is CCc1c(C)nc(N2NC(C)=CC2NC(=O)c2ccccc2I)[nH]c1=O. The Kier molecular flexibility index (Phi) is 5.30. The van der Waals surface area contributed by atoms with Crippen molar-refractivity contribution in [3.63, 3.8) is 0 Å². The van der Waals surface area contributed by atoms with E-state index in [-0.39, 0.29) is 11.5 Å². The Morgan fingerprint density at radius 1 is 1.35 bits per heavy atom. The first-order valence-corrected chi connectivity index (χ1v) is 9.38. The van der Waals surface area contributed by atoms with E-state index in [9.17, 15) is 9.59 Å². The second-order valence-corrected chi connectivity index (χ2v) is 7.20. The highest BCUT2D eigenvalue weighted by Gasteiger charge is 2.28. The van der Waals surface area contributed by atoms with E-state index in [1.807, 2.05) is 45.0 Å². The number of nitrogens with one attached hydrogen (secondary N) is 3. The number of aryl methyl sites for hydroxylation is 1. The topological polar surface area (TPSA) is 90.1 Å². The summed E-state index contributed by atoms with van der Waals surface area (Å²) in [6.45, 7) is 5.62. The molecular formula is C18H20IN5O2. The molecule has 1 aromatic heterocycles. The molecule has 0 fully saturated rings. The molecule has 0 saturated carbocycles. The van der Waals surface area contributed by atoms with Crippen LogP contribution < -0.4 is 21.3 Å². The first kappa shape index (κ1) is 18.4. The number of hydrazine groups is 1. The van der Waals surface area contributed by atoms with E-state index in [0.717, 1.165) is 9.27 Å². The van der Waals surface area contributed by atoms with Crippen molar-refractivity contribution < 1.29 is 4.79 Å². The molecule has 0 saturated heterocycles. The lowest BCUT2D eigenvalue weighted by Gasteiger charge is -2.26. The van der Waals surface area contributed by atoms with Gasteiger partial charge in [0.2, 0.25) is 5.95 Å². The molecule has 2 heterocycles. The molecule has 0 radical (unpaired) electrons. The van der Waals surface area contributed by atoms with Crippen LogP contribution in [0.15, 0.2) is 40.8 Å². The predicted molar refractivity (Wildman–Crippen MR) is 109 cm³/mol. The third kappa shape index (κ3) is 3.59. The summed E-state index contributed by atoms with van der Waals surface area (Å²) in [5, 5.41) is 4.61. The Balaban J connectivity index is 1.88. The minimum absolute atomic E-state index is 0.163. The zero-order valence-electron chi connectivity index (χ0n) is 14.8. The fraction of sp³-hybridized carbons (Fsp3) is 0.278. The number of H-pyrrole nitrogens is 1. The summed E-state index contributed by atoms with van der Waals surface area (Å²) in [7, 11) is 0. The molecule has 3 rings (SSSR count). The van der Waals surface area contributed by atoms with E-state index in [4.69, 9.17) is 0 Å². The molecule has 7 nitrogen and oxygen atoms in total. The molecule has 26 heavy (non-hydrogen) atoms. The summed E-state index contributed by atoms with van der Waals surface area (Å²) in [6, 6.07) is 7.38. The third-order valence-electron chi connectivity index (χ3n) is 4.17. The van der Waals surface area contributed by atoms with E-state index in [2.05, 4.69) is 43.3 Å². The largest absolute Gasteiger partial charge is 0.327 e. The van der Waals surface area contributed by atoms with Crippen molar-refractivity contribution in [2.24, 2.45) is 0 Å². The molecule has 1 aliphatic rings. The molecule has 2 aromatic rings. The number of anilines is 1. The van der Waals surface area contributed by atoms with Crippen LogP contribution >= 0.6 is 22.6 Å². The fourth-order valence-electron chi connectivity index (χ4n) is 2.88. The van der Waals surface area contributed by atoms with E-state index >= 15 is 0 Å². The van der Waals surface area contributed by atoms with Crippen molar-refractivity contribution in [1.29, 1.82) is 0 Å². The number of carbonyl (C=O) groups excluding carboxylic acids is 1. The Hall–Kier alpha value is -2.36. The second kappa shape index (κ2) is 7.48. The summed E-state index contributed by atoms with van der Waals surface area (Å²) in [5.41, 5.74) is 5.77. The van der Waals surface area contributed by atoms with Gasteiger partial charge in [-0.05, 0) is 61.1 Å². The van der Waals surface area contributed by atoms with Gasteiger partial charge in [-0.25, -0.2) is 9.99 Å². The van der Waals surface area contributed by atoms with E-state index in [0.29, 0.717) is 29.2 Å². The molecule has 0 aliphatic carbocycles. The monoisotopic (exact) mass is 465 g/mol. The van der Waals surface area contributed by atoms with Gasteiger partial charge in [0, 0.05) is 20.5 Å². The number of aromatic nitrogens is 2. The Labute approximate surface area is 165 Å². The van der Waals surface area contributed by atoms with Crippen LogP contribution in [0, 0.1) is 10.5 Å². The molecular weight excluding hydrogens is 445 g/mol. The number of aromatic amines is 1. The van der Waals surface area contributed by atoms with Crippen LogP contribution in [-0.2, 0) is 6.42 Å². The normalized spacial score (nSPS) is 16.2. The zero-order valence-corrected chi connectivity index (χ0v) is 16.9. The van der Waals surface area contributed by atoms with Gasteiger partial charge in [0.15, 0.2) is 0 Å². The molecule has 1 aromatic carbocycles. The fourth-order valence-corrected chi connectivity index (χ4v) is 3.51. The van der Waals surface area contributed by atoms with Gasteiger partial charge in [-0.1, -0.05) is 19.1 Å². The molecule has 1 aliphatic heterocycles. The van der Waals surface area contributed by atoms with Crippen molar-refractivity contribution in [2.45, 2.75) is 33.4 Å². The third-order valence-corrected chi connectivity index (χ3v) is 5.11. The van der Waals surface area contributed by atoms with Crippen molar-refractivity contribution in [1.82, 2.24) is 20.7 Å². The van der Waals surface area contributed by atoms with Gasteiger partial charge >= 0.3 is 0 Å². The summed E-state index contributed by atoms with van der Waals surface area (Å²) in [4.78, 5) is 32.2. The minimum Gasteiger partial charge on any atom is -0.327 e. The zero-order chi connectivity index (χ0) is 18.8. The maximum absolute atomic E-state index is 12.6. The van der Waals surface area contributed by atoms with Crippen LogP contribution in [0.5, 0.6) is 0 Å². The van der Waals surface area contributed by atoms with Crippen LogP contribution in [0.2, 0.25) is 0 Å². The number of halogens is 1. The van der Waals surface area contributed by atoms with Crippen LogP contribution in [0.1, 0.15) is 35.5 Å². The van der Waals surface area contributed by atoms with Crippen molar-refractivity contribution >= 4 is 34.4 Å². The van der Waals surface area contributed by atoms with Crippen molar-refractivity contribution in [3.05, 3.63) is 66.8 Å². The lowest BCUT2D eigenvalue weighted by molar-refractivity contribution is 0.0942. The quantitative estimate of drug-likeness (QED) is 0.603. The predicted octanol–water partition coefficient (Wildman–Crippen LogP) is 2.23. The van der Waals surface area contributed by atoms with Crippen molar-refractivity contribution in [2.75, 3.05) is 5.01 Å². The van der Waals surface area contributed by atoms with Crippen LogP contribution in [0.3, 0.4) is 0 Å². The van der Waals surface area contributed by atoms with Crippen LogP contribution in [0.4, 0.5) is 5.95 Å². The van der Waals surface area contributed by atoms with Gasteiger partial charge in [-0.2, -0.15) is 0 Å². The second-order valence-electron chi connectivity index (χ2n) is 6.04. The van der Waals surface area contributed by atoms with Gasteiger partial charge in [0.1, 0.15) is 6.17 Å². The minimum atomic E-state index is -0.464. The molecule has 136 valence electrons. The van der Waals surface area contributed by atoms with E-state index < -0.39 is 6.17 Å². The highest BCUT2D eigenvalue weighted by molar-refractivity contribution is 14.1. The molecule has 1 amide bonds. The average Bonchev–Trinajstić information content (AvgIpc) is 2.95. The van der Waals surface area contributed by atoms with E-state index in [1.54, 1.807) is 11.1 Å². The number of amides is 1.